The van der Waals surface area contributed by atoms with Gasteiger partial charge in [-0.1, -0.05) is 0 Å². The van der Waals surface area contributed by atoms with Gasteiger partial charge in [-0.25, -0.2) is 0 Å². The van der Waals surface area contributed by atoms with Gasteiger partial charge < -0.3 is 7.43 Å². The summed E-state index contributed by atoms with van der Waals surface area (Å²) in [5.41, 5.74) is 0. The first-order valence-electron chi connectivity index (χ1n) is 0.864. The van der Waals surface area contributed by atoms with Crippen LogP contribution >= 0.6 is 0 Å². The van der Waals surface area contributed by atoms with E-state index in [4.69, 9.17) is 0 Å². The van der Waals surface area contributed by atoms with E-state index in [0.717, 1.165) is 0 Å². The second-order valence-electron chi connectivity index (χ2n) is 0.573. The van der Waals surface area contributed by atoms with Crippen LogP contribution in [0.4, 0.5) is 0 Å². The van der Waals surface area contributed by atoms with Crippen molar-refractivity contribution in [3.8, 4) is 0 Å². The fourth-order valence-electron chi connectivity index (χ4n) is 0. The largest absolute Gasteiger partial charge is 2.00 e. The summed E-state index contributed by atoms with van der Waals surface area (Å²) in [4.78, 5) is 0. The van der Waals surface area contributed by atoms with Crippen molar-refractivity contribution in [3.05, 3.63) is 13.7 Å². The zero-order valence-electron chi connectivity index (χ0n) is 4.23. The summed E-state index contributed by atoms with van der Waals surface area (Å²) in [6.07, 6.45) is 4.64. The maximum absolute atomic E-state index is 9.44. The zero-order valence-corrected chi connectivity index (χ0v) is 6.46. The molecule has 1 nitrogen and oxygen atoms in total. The average Bonchev–Trinajstić information content (AvgIpc) is 0.811. The van der Waals surface area contributed by atoms with E-state index in [1.165, 1.54) is 6.26 Å². The Morgan fingerprint density at radius 1 is 1.67 bits per heavy atom. The minimum Gasteiger partial charge on any atom is -0.358 e. The molecule has 0 bridgehead atoms. The normalized spacial score (nSPS) is 10.3. The van der Waals surface area contributed by atoms with Gasteiger partial charge in [-0.15, -0.1) is 10.8 Å². The molecule has 0 aromatic heterocycles. The fourth-order valence-corrected chi connectivity index (χ4v) is 0. The predicted molar refractivity (Wildman–Crippen MR) is 31.6 cm³/mol. The molecule has 0 spiro atoms. The molecule has 0 aliphatic heterocycles. The fraction of sp³-hybridized carbons (Fsp3) is 0.333. The van der Waals surface area contributed by atoms with E-state index in [-0.39, 0.29) is 30.5 Å². The van der Waals surface area contributed by atoms with E-state index in [1.807, 2.05) is 0 Å². The van der Waals surface area contributed by atoms with Gasteiger partial charge in [0.05, 0.1) is 0 Å². The van der Waals surface area contributed by atoms with E-state index in [1.54, 1.807) is 0 Å². The molecule has 0 fully saturated rings. The van der Waals surface area contributed by atoms with Crippen LogP contribution in [0.1, 0.15) is 0 Å². The first-order valence-corrected chi connectivity index (χ1v) is 2.59. The van der Waals surface area contributed by atoms with Crippen LogP contribution in [0.5, 0.6) is 0 Å². The molecule has 1 atom stereocenters. The number of hydrogen-bond donors (Lipinski definition) is 0. The molecule has 0 rings (SSSR count). The molecule has 0 saturated carbocycles. The van der Waals surface area contributed by atoms with E-state index in [9.17, 15) is 4.21 Å². The van der Waals surface area contributed by atoms with Gasteiger partial charge in [-0.2, -0.15) is 0 Å². The second-order valence-corrected chi connectivity index (χ2v) is 1.72. The molecule has 3 heteroatoms. The third kappa shape index (κ3) is 89.8. The molecule has 34 valence electrons. The van der Waals surface area contributed by atoms with Gasteiger partial charge >= 0.3 is 23.1 Å². The molecular formula is C3H8MgOS. The monoisotopic (exact) mass is 116 g/mol. The first kappa shape index (κ1) is 15.8. The Kier molecular flexibility index (Phi) is 24.5. The van der Waals surface area contributed by atoms with Gasteiger partial charge in [0.15, 0.2) is 0 Å². The third-order valence-corrected chi connectivity index (χ3v) is 0. The molecule has 0 amide bonds. The molecule has 0 aromatic carbocycles. The van der Waals surface area contributed by atoms with Gasteiger partial charge in [-0.05, 0) is 6.26 Å². The molecule has 0 saturated heterocycles. The standard InChI is InChI=1S/C2H5OS.CH3.Mg/c1-4(2)3;;/h1H2,2H3;1H3;/q2*-1;+2. The van der Waals surface area contributed by atoms with Crippen molar-refractivity contribution in [1.29, 1.82) is 0 Å². The Bertz CT molecular complexity index is 33.8. The molecule has 0 N–H and O–H groups in total. The Morgan fingerprint density at radius 3 is 1.67 bits per heavy atom. The van der Waals surface area contributed by atoms with Crippen LogP contribution in [0, 0.1) is 13.7 Å². The van der Waals surface area contributed by atoms with E-state index >= 15 is 0 Å². The van der Waals surface area contributed by atoms with E-state index < -0.39 is 10.8 Å². The van der Waals surface area contributed by atoms with E-state index in [2.05, 4.69) is 6.26 Å². The second kappa shape index (κ2) is 9.32. The predicted octanol–water partition coefficient (Wildman–Crippen LogP) is 0.226. The summed E-state index contributed by atoms with van der Waals surface area (Å²) in [5, 5.41) is 0. The Balaban J connectivity index is -0.0000000450. The van der Waals surface area contributed by atoms with Crippen molar-refractivity contribution < 1.29 is 4.21 Å². The summed E-state index contributed by atoms with van der Waals surface area (Å²) >= 11 is 0. The summed E-state index contributed by atoms with van der Waals surface area (Å²) in [7, 11) is -0.861. The Labute approximate surface area is 58.1 Å². The van der Waals surface area contributed by atoms with Gasteiger partial charge in [0.25, 0.3) is 0 Å². The van der Waals surface area contributed by atoms with Crippen molar-refractivity contribution >= 4 is 33.9 Å². The van der Waals surface area contributed by atoms with Crippen molar-refractivity contribution in [2.75, 3.05) is 6.26 Å². The Morgan fingerprint density at radius 2 is 1.67 bits per heavy atom. The molecule has 0 aromatic rings. The molecule has 0 aliphatic carbocycles. The smallest absolute Gasteiger partial charge is 0.358 e. The third-order valence-electron chi connectivity index (χ3n) is 0. The quantitative estimate of drug-likeness (QED) is 0.327. The molecule has 6 heavy (non-hydrogen) atoms. The molecule has 0 heterocycles. The van der Waals surface area contributed by atoms with Crippen LogP contribution in [0.2, 0.25) is 0 Å². The molecule has 0 radical (unpaired) electrons. The van der Waals surface area contributed by atoms with Gasteiger partial charge in [0.1, 0.15) is 0 Å². The summed E-state index contributed by atoms with van der Waals surface area (Å²) in [6.45, 7) is 0. The van der Waals surface area contributed by atoms with Gasteiger partial charge in [0.2, 0.25) is 0 Å². The minimum absolute atomic E-state index is 0. The van der Waals surface area contributed by atoms with Crippen LogP contribution < -0.4 is 0 Å². The SMILES string of the molecule is [CH2-]S(C)=O.[CH3-].[Mg+2]. The maximum Gasteiger partial charge on any atom is 2.00 e. The van der Waals surface area contributed by atoms with Crippen molar-refractivity contribution in [1.82, 2.24) is 0 Å². The molecule has 1 unspecified atom stereocenters. The van der Waals surface area contributed by atoms with E-state index in [0.29, 0.717) is 0 Å². The number of hydrogen-bond acceptors (Lipinski definition) is 1. The minimum atomic E-state index is -0.861. The van der Waals surface area contributed by atoms with Crippen LogP contribution in [-0.2, 0) is 10.8 Å². The average molecular weight is 116 g/mol. The molecular weight excluding hydrogens is 108 g/mol. The van der Waals surface area contributed by atoms with Crippen molar-refractivity contribution in [2.24, 2.45) is 0 Å². The van der Waals surface area contributed by atoms with Crippen molar-refractivity contribution in [3.63, 3.8) is 0 Å². The van der Waals surface area contributed by atoms with Gasteiger partial charge in [0, 0.05) is 0 Å². The summed E-state index contributed by atoms with van der Waals surface area (Å²) in [5.74, 6) is 0. The van der Waals surface area contributed by atoms with Gasteiger partial charge in [-0.3, -0.25) is 10.5 Å². The zero-order chi connectivity index (χ0) is 3.58. The first-order chi connectivity index (χ1) is 1.73. The van der Waals surface area contributed by atoms with Crippen LogP contribution in [0.3, 0.4) is 0 Å². The van der Waals surface area contributed by atoms with Crippen molar-refractivity contribution in [2.45, 2.75) is 0 Å². The number of rotatable bonds is 0. The topological polar surface area (TPSA) is 17.1 Å². The van der Waals surface area contributed by atoms with Crippen LogP contribution in [0.25, 0.3) is 0 Å². The maximum atomic E-state index is 9.44. The summed E-state index contributed by atoms with van der Waals surface area (Å²) < 4.78 is 9.44. The molecule has 0 aliphatic rings. The van der Waals surface area contributed by atoms with Crippen LogP contribution in [0.15, 0.2) is 0 Å². The van der Waals surface area contributed by atoms with Crippen LogP contribution in [-0.4, -0.2) is 33.5 Å². The Hall–Kier alpha value is 0.916. The summed E-state index contributed by atoms with van der Waals surface area (Å²) in [6, 6.07) is 0.